The summed E-state index contributed by atoms with van der Waals surface area (Å²) in [6.07, 6.45) is 1.16. The second kappa shape index (κ2) is 5.64. The van der Waals surface area contributed by atoms with Crippen LogP contribution in [-0.2, 0) is 7.05 Å². The Hall–Kier alpha value is -3.03. The van der Waals surface area contributed by atoms with Crippen molar-refractivity contribution in [3.63, 3.8) is 0 Å². The van der Waals surface area contributed by atoms with Gasteiger partial charge in [-0.3, -0.25) is 9.48 Å². The molecule has 0 aliphatic carbocycles. The van der Waals surface area contributed by atoms with E-state index in [0.29, 0.717) is 11.5 Å². The number of benzene rings is 1. The fraction of sp³-hybridized carbons (Fsp3) is 0.267. The first-order valence-corrected chi connectivity index (χ1v) is 6.93. The number of nitrogens with zero attached hydrogens (tertiary/aromatic N) is 2. The molecule has 1 amide bonds. The Bertz CT molecular complexity index is 783. The number of aromatic carboxylic acids is 1. The third-order valence-electron chi connectivity index (χ3n) is 3.63. The highest BCUT2D eigenvalue weighted by Crippen LogP contribution is 2.34. The predicted molar refractivity (Wildman–Crippen MR) is 78.6 cm³/mol. The van der Waals surface area contributed by atoms with E-state index in [4.69, 9.17) is 14.6 Å². The third-order valence-corrected chi connectivity index (χ3v) is 3.63. The van der Waals surface area contributed by atoms with Crippen molar-refractivity contribution in [2.45, 2.75) is 13.0 Å². The molecule has 0 saturated carbocycles. The fourth-order valence-corrected chi connectivity index (χ4v) is 2.39. The molecule has 3 rings (SSSR count). The molecule has 1 aromatic heterocycles. The van der Waals surface area contributed by atoms with E-state index in [1.807, 2.05) is 6.07 Å². The zero-order valence-electron chi connectivity index (χ0n) is 12.6. The van der Waals surface area contributed by atoms with Crippen LogP contribution in [0, 0.1) is 0 Å². The highest BCUT2D eigenvalue weighted by molar-refractivity contribution is 6.03. The van der Waals surface area contributed by atoms with Gasteiger partial charge in [0.05, 0.1) is 12.2 Å². The van der Waals surface area contributed by atoms with Gasteiger partial charge in [-0.15, -0.1) is 0 Å². The van der Waals surface area contributed by atoms with E-state index in [2.05, 4.69) is 10.4 Å². The molecule has 1 aromatic carbocycles. The molecule has 2 aromatic rings. The van der Waals surface area contributed by atoms with Crippen LogP contribution < -0.4 is 14.8 Å². The standard InChI is InChI=1S/C15H15N3O5/c1-8(9-3-4-11-12(5-9)23-7-22-11)17-14(19)13-10(15(20)21)6-16-18(13)2/h3-6,8H,7H2,1-2H3,(H,17,19)(H,20,21). The summed E-state index contributed by atoms with van der Waals surface area (Å²) in [6.45, 7) is 1.97. The molecule has 1 unspecified atom stereocenters. The summed E-state index contributed by atoms with van der Waals surface area (Å²) in [6, 6.07) is 5.04. The number of carboxylic acids is 1. The Labute approximate surface area is 131 Å². The molecule has 1 aliphatic rings. The number of nitrogens with one attached hydrogen (secondary N) is 1. The van der Waals surface area contributed by atoms with E-state index in [1.54, 1.807) is 19.1 Å². The lowest BCUT2D eigenvalue weighted by atomic mass is 10.1. The quantitative estimate of drug-likeness (QED) is 0.882. The van der Waals surface area contributed by atoms with Crippen molar-refractivity contribution in [1.29, 1.82) is 0 Å². The van der Waals surface area contributed by atoms with Gasteiger partial charge in [-0.1, -0.05) is 6.07 Å². The lowest BCUT2D eigenvalue weighted by Crippen LogP contribution is -2.29. The number of aryl methyl sites for hydroxylation is 1. The van der Waals surface area contributed by atoms with Crippen LogP contribution in [0.5, 0.6) is 11.5 Å². The smallest absolute Gasteiger partial charge is 0.339 e. The second-order valence-corrected chi connectivity index (χ2v) is 5.14. The van der Waals surface area contributed by atoms with E-state index >= 15 is 0 Å². The number of fused-ring (bicyclic) bond motifs is 1. The van der Waals surface area contributed by atoms with Crippen molar-refractivity contribution < 1.29 is 24.2 Å². The van der Waals surface area contributed by atoms with Crippen molar-refractivity contribution in [2.24, 2.45) is 7.05 Å². The Morgan fingerprint density at radius 3 is 2.83 bits per heavy atom. The number of ether oxygens (including phenoxy) is 2. The lowest BCUT2D eigenvalue weighted by molar-refractivity contribution is 0.0690. The number of hydrogen-bond donors (Lipinski definition) is 2. The first-order valence-electron chi connectivity index (χ1n) is 6.93. The van der Waals surface area contributed by atoms with Gasteiger partial charge in [0, 0.05) is 7.05 Å². The molecule has 1 aliphatic heterocycles. The number of hydrogen-bond acceptors (Lipinski definition) is 5. The predicted octanol–water partition coefficient (Wildman–Crippen LogP) is 1.34. The maximum atomic E-state index is 12.4. The van der Waals surface area contributed by atoms with Crippen LogP contribution in [0.1, 0.15) is 39.4 Å². The van der Waals surface area contributed by atoms with Crippen LogP contribution in [0.4, 0.5) is 0 Å². The average molecular weight is 317 g/mol. The molecule has 8 nitrogen and oxygen atoms in total. The average Bonchev–Trinajstić information content (AvgIpc) is 3.12. The van der Waals surface area contributed by atoms with Crippen LogP contribution in [0.25, 0.3) is 0 Å². The van der Waals surface area contributed by atoms with Crippen LogP contribution in [0.2, 0.25) is 0 Å². The summed E-state index contributed by atoms with van der Waals surface area (Å²) in [5.41, 5.74) is 0.689. The van der Waals surface area contributed by atoms with Crippen molar-refractivity contribution >= 4 is 11.9 Å². The summed E-state index contributed by atoms with van der Waals surface area (Å²) in [7, 11) is 1.52. The van der Waals surface area contributed by atoms with Gasteiger partial charge in [-0.05, 0) is 24.6 Å². The highest BCUT2D eigenvalue weighted by Gasteiger charge is 2.23. The van der Waals surface area contributed by atoms with Crippen LogP contribution in [0.3, 0.4) is 0 Å². The summed E-state index contributed by atoms with van der Waals surface area (Å²) >= 11 is 0. The largest absolute Gasteiger partial charge is 0.478 e. The number of carbonyl (C=O) groups excluding carboxylic acids is 1. The van der Waals surface area contributed by atoms with E-state index in [9.17, 15) is 9.59 Å². The summed E-state index contributed by atoms with van der Waals surface area (Å²) in [5, 5.41) is 15.7. The minimum Gasteiger partial charge on any atom is -0.478 e. The normalized spacial score (nSPS) is 13.7. The minimum atomic E-state index is -1.20. The van der Waals surface area contributed by atoms with Crippen molar-refractivity contribution in [3.8, 4) is 11.5 Å². The van der Waals surface area contributed by atoms with Crippen molar-refractivity contribution in [1.82, 2.24) is 15.1 Å². The van der Waals surface area contributed by atoms with Crippen molar-refractivity contribution in [2.75, 3.05) is 6.79 Å². The number of carbonyl (C=O) groups is 2. The molecule has 0 radical (unpaired) electrons. The van der Waals surface area contributed by atoms with Gasteiger partial charge in [0.15, 0.2) is 11.5 Å². The zero-order valence-corrected chi connectivity index (χ0v) is 12.6. The zero-order chi connectivity index (χ0) is 16.6. The van der Waals surface area contributed by atoms with Gasteiger partial charge in [-0.2, -0.15) is 5.10 Å². The number of amides is 1. The SMILES string of the molecule is CC(NC(=O)c1c(C(=O)O)cnn1C)c1ccc2c(c1)OCO2. The Morgan fingerprint density at radius 2 is 2.09 bits per heavy atom. The Kier molecular flexibility index (Phi) is 3.65. The second-order valence-electron chi connectivity index (χ2n) is 5.14. The molecule has 0 saturated heterocycles. The van der Waals surface area contributed by atoms with E-state index in [1.165, 1.54) is 11.7 Å². The summed E-state index contributed by atoms with van der Waals surface area (Å²) in [5.74, 6) is -0.422. The van der Waals surface area contributed by atoms with Crippen molar-refractivity contribution in [3.05, 3.63) is 41.2 Å². The van der Waals surface area contributed by atoms with Gasteiger partial charge in [0.2, 0.25) is 6.79 Å². The molecule has 120 valence electrons. The number of aromatic nitrogens is 2. The van der Waals surface area contributed by atoms with Gasteiger partial charge in [-0.25, -0.2) is 4.79 Å². The van der Waals surface area contributed by atoms with E-state index < -0.39 is 11.9 Å². The molecule has 23 heavy (non-hydrogen) atoms. The first kappa shape index (κ1) is 14.9. The Morgan fingerprint density at radius 1 is 1.35 bits per heavy atom. The molecule has 0 bridgehead atoms. The minimum absolute atomic E-state index is 0.00472. The van der Waals surface area contributed by atoms with Crippen LogP contribution in [0.15, 0.2) is 24.4 Å². The molecular weight excluding hydrogens is 302 g/mol. The molecule has 0 spiro atoms. The fourth-order valence-electron chi connectivity index (χ4n) is 2.39. The van der Waals surface area contributed by atoms with Gasteiger partial charge < -0.3 is 19.9 Å². The molecule has 1 atom stereocenters. The van der Waals surface area contributed by atoms with Crippen LogP contribution >= 0.6 is 0 Å². The molecule has 8 heteroatoms. The Balaban J connectivity index is 1.80. The van der Waals surface area contributed by atoms with Gasteiger partial charge in [0.1, 0.15) is 11.3 Å². The van der Waals surface area contributed by atoms with Gasteiger partial charge in [0.25, 0.3) is 5.91 Å². The summed E-state index contributed by atoms with van der Waals surface area (Å²) < 4.78 is 11.8. The number of carboxylic acid groups (broad SMARTS) is 1. The monoisotopic (exact) mass is 317 g/mol. The maximum Gasteiger partial charge on any atom is 0.339 e. The van der Waals surface area contributed by atoms with E-state index in [-0.39, 0.29) is 24.1 Å². The molecule has 2 heterocycles. The molecule has 2 N–H and O–H groups in total. The lowest BCUT2D eigenvalue weighted by Gasteiger charge is -2.15. The first-order chi connectivity index (χ1) is 11.0. The summed E-state index contributed by atoms with van der Waals surface area (Å²) in [4.78, 5) is 23.5. The molecule has 0 fully saturated rings. The maximum absolute atomic E-state index is 12.4. The molecular formula is C15H15N3O5. The third kappa shape index (κ3) is 2.70. The van der Waals surface area contributed by atoms with Gasteiger partial charge >= 0.3 is 5.97 Å². The highest BCUT2D eigenvalue weighted by atomic mass is 16.7. The topological polar surface area (TPSA) is 103 Å². The van der Waals surface area contributed by atoms with Crippen LogP contribution in [-0.4, -0.2) is 33.6 Å². The number of rotatable bonds is 4. The van der Waals surface area contributed by atoms with E-state index in [0.717, 1.165) is 11.8 Å².